The first-order valence-corrected chi connectivity index (χ1v) is 6.21. The fraction of sp³-hybridized carbons (Fsp3) is 0.125. The maximum absolute atomic E-state index is 9.02. The van der Waals surface area contributed by atoms with Gasteiger partial charge in [0, 0.05) is 11.1 Å². The van der Waals surface area contributed by atoms with Crippen LogP contribution in [0.4, 0.5) is 0 Å². The van der Waals surface area contributed by atoms with Crippen molar-refractivity contribution in [3.63, 3.8) is 0 Å². The van der Waals surface area contributed by atoms with Gasteiger partial charge in [-0.15, -0.1) is 0 Å². The summed E-state index contributed by atoms with van der Waals surface area (Å²) in [5.74, 6) is 1.42. The lowest BCUT2D eigenvalue weighted by molar-refractivity contribution is 0.0330. The van der Waals surface area contributed by atoms with E-state index in [-0.39, 0.29) is 5.92 Å². The zero-order chi connectivity index (χ0) is 13.7. The highest BCUT2D eigenvalue weighted by atomic mass is 16.7. The van der Waals surface area contributed by atoms with Crippen LogP contribution in [0.5, 0.6) is 11.5 Å². The van der Waals surface area contributed by atoms with Crippen molar-refractivity contribution in [3.05, 3.63) is 58.7 Å². The first kappa shape index (κ1) is 10.9. The van der Waals surface area contributed by atoms with Crippen LogP contribution in [-0.4, -0.2) is 6.29 Å². The maximum atomic E-state index is 9.02. The molecule has 0 unspecified atom stereocenters. The van der Waals surface area contributed by atoms with Gasteiger partial charge in [0.1, 0.15) is 11.5 Å². The van der Waals surface area contributed by atoms with Gasteiger partial charge < -0.3 is 9.47 Å². The smallest absolute Gasteiger partial charge is 0.252 e. The van der Waals surface area contributed by atoms with Crippen molar-refractivity contribution in [2.24, 2.45) is 0 Å². The van der Waals surface area contributed by atoms with Gasteiger partial charge in [0.15, 0.2) is 0 Å². The average Bonchev–Trinajstić information content (AvgIpc) is 3.01. The second-order valence-corrected chi connectivity index (χ2v) is 4.81. The van der Waals surface area contributed by atoms with E-state index in [1.54, 1.807) is 24.3 Å². The van der Waals surface area contributed by atoms with Gasteiger partial charge in [-0.25, -0.2) is 0 Å². The number of nitrogens with zero attached hydrogens (tertiary/aromatic N) is 2. The number of hydrogen-bond donors (Lipinski definition) is 0. The van der Waals surface area contributed by atoms with Crippen LogP contribution in [0.25, 0.3) is 0 Å². The molecule has 2 aromatic carbocycles. The molecule has 2 aromatic rings. The van der Waals surface area contributed by atoms with Gasteiger partial charge in [0.25, 0.3) is 6.29 Å². The van der Waals surface area contributed by atoms with Crippen LogP contribution in [0.2, 0.25) is 0 Å². The Morgan fingerprint density at radius 3 is 1.75 bits per heavy atom. The summed E-state index contributed by atoms with van der Waals surface area (Å²) in [7, 11) is 0. The minimum atomic E-state index is -0.400. The third kappa shape index (κ3) is 1.34. The van der Waals surface area contributed by atoms with E-state index in [0.717, 1.165) is 22.6 Å². The molecular weight excluding hydrogens is 252 g/mol. The fourth-order valence-corrected chi connectivity index (χ4v) is 2.81. The first-order valence-electron chi connectivity index (χ1n) is 6.21. The standard InChI is InChI=1S/C16H8N2O2/c17-7-9-1-3-13-11(5-9)15-12-6-10(8-18)2-4-14(12)20-16(15)19-13/h1-6,15-16H. The van der Waals surface area contributed by atoms with E-state index in [4.69, 9.17) is 20.0 Å². The Bertz CT molecular complexity index is 747. The number of rotatable bonds is 0. The van der Waals surface area contributed by atoms with Crippen molar-refractivity contribution in [2.45, 2.75) is 12.2 Å². The van der Waals surface area contributed by atoms with Gasteiger partial charge >= 0.3 is 0 Å². The molecule has 0 atom stereocenters. The van der Waals surface area contributed by atoms with Gasteiger partial charge in [-0.3, -0.25) is 0 Å². The Hall–Kier alpha value is -2.98. The van der Waals surface area contributed by atoms with Crippen molar-refractivity contribution in [2.75, 3.05) is 0 Å². The highest BCUT2D eigenvalue weighted by Gasteiger charge is 2.44. The quantitative estimate of drug-likeness (QED) is 0.730. The largest absolute Gasteiger partial charge is 0.454 e. The zero-order valence-corrected chi connectivity index (χ0v) is 10.3. The Morgan fingerprint density at radius 2 is 1.30 bits per heavy atom. The molecular formula is C16H8N2O2. The molecule has 0 radical (unpaired) electrons. The molecule has 4 rings (SSSR count). The molecule has 0 bridgehead atoms. The molecule has 0 spiro atoms. The molecule has 0 saturated heterocycles. The lowest BCUT2D eigenvalue weighted by atomic mass is 9.91. The van der Waals surface area contributed by atoms with Crippen molar-refractivity contribution in [3.8, 4) is 23.6 Å². The SMILES string of the molecule is N#Cc1ccc2c(c1)C1c3cc(C#N)ccc3OC1O2. The van der Waals surface area contributed by atoms with Crippen molar-refractivity contribution < 1.29 is 9.47 Å². The van der Waals surface area contributed by atoms with Crippen LogP contribution in [0.3, 0.4) is 0 Å². The molecule has 0 fully saturated rings. The second kappa shape index (κ2) is 3.76. The van der Waals surface area contributed by atoms with E-state index in [0.29, 0.717) is 11.1 Å². The summed E-state index contributed by atoms with van der Waals surface area (Å²) >= 11 is 0. The van der Waals surface area contributed by atoms with Crippen LogP contribution in [0, 0.1) is 22.7 Å². The third-order valence-corrected chi connectivity index (χ3v) is 3.71. The van der Waals surface area contributed by atoms with Gasteiger partial charge in [-0.2, -0.15) is 10.5 Å². The van der Waals surface area contributed by atoms with Crippen LogP contribution >= 0.6 is 0 Å². The van der Waals surface area contributed by atoms with Gasteiger partial charge in [0.05, 0.1) is 29.2 Å². The molecule has 0 amide bonds. The highest BCUT2D eigenvalue weighted by molar-refractivity contribution is 5.57. The monoisotopic (exact) mass is 260 g/mol. The van der Waals surface area contributed by atoms with Gasteiger partial charge in [-0.05, 0) is 36.4 Å². The normalized spacial score (nSPS) is 20.7. The first-order chi connectivity index (χ1) is 9.80. The summed E-state index contributed by atoms with van der Waals surface area (Å²) in [5.41, 5.74) is 3.08. The van der Waals surface area contributed by atoms with E-state index < -0.39 is 6.29 Å². The fourth-order valence-electron chi connectivity index (χ4n) is 2.81. The topological polar surface area (TPSA) is 66.0 Å². The summed E-state index contributed by atoms with van der Waals surface area (Å²) in [5, 5.41) is 18.0. The predicted molar refractivity (Wildman–Crippen MR) is 69.2 cm³/mol. The molecule has 0 saturated carbocycles. The minimum absolute atomic E-state index is 0.0680. The molecule has 2 aliphatic rings. The summed E-state index contributed by atoms with van der Waals surface area (Å²) in [6, 6.07) is 15.0. The predicted octanol–water partition coefficient (Wildman–Crippen LogP) is 2.67. The van der Waals surface area contributed by atoms with E-state index >= 15 is 0 Å². The minimum Gasteiger partial charge on any atom is -0.454 e. The highest BCUT2D eigenvalue weighted by Crippen LogP contribution is 2.50. The van der Waals surface area contributed by atoms with Gasteiger partial charge in [0.2, 0.25) is 0 Å². The maximum Gasteiger partial charge on any atom is 0.252 e. The summed E-state index contributed by atoms with van der Waals surface area (Å²) < 4.78 is 11.5. The zero-order valence-electron chi connectivity index (χ0n) is 10.3. The Balaban J connectivity index is 1.90. The molecule has 4 nitrogen and oxygen atoms in total. The molecule has 20 heavy (non-hydrogen) atoms. The molecule has 0 aromatic heterocycles. The van der Waals surface area contributed by atoms with Crippen LogP contribution in [0.1, 0.15) is 28.2 Å². The lowest BCUT2D eigenvalue weighted by Gasteiger charge is -2.08. The third-order valence-electron chi connectivity index (χ3n) is 3.71. The van der Waals surface area contributed by atoms with Crippen molar-refractivity contribution in [1.82, 2.24) is 0 Å². The lowest BCUT2D eigenvalue weighted by Crippen LogP contribution is -2.19. The number of fused-ring (bicyclic) bond motifs is 5. The summed E-state index contributed by atoms with van der Waals surface area (Å²) in [4.78, 5) is 0. The number of ether oxygens (including phenoxy) is 2. The molecule has 2 aliphatic heterocycles. The van der Waals surface area contributed by atoms with Crippen molar-refractivity contribution >= 4 is 0 Å². The van der Waals surface area contributed by atoms with E-state index in [1.165, 1.54) is 0 Å². The van der Waals surface area contributed by atoms with Gasteiger partial charge in [-0.1, -0.05) is 0 Å². The molecule has 0 N–H and O–H groups in total. The van der Waals surface area contributed by atoms with E-state index in [9.17, 15) is 0 Å². The Morgan fingerprint density at radius 1 is 0.800 bits per heavy atom. The molecule has 0 aliphatic carbocycles. The van der Waals surface area contributed by atoms with Crippen LogP contribution < -0.4 is 9.47 Å². The Kier molecular flexibility index (Phi) is 2.05. The molecule has 4 heteroatoms. The van der Waals surface area contributed by atoms with Crippen molar-refractivity contribution in [1.29, 1.82) is 10.5 Å². The summed E-state index contributed by atoms with van der Waals surface area (Å²) in [6.07, 6.45) is -0.400. The number of nitriles is 2. The van der Waals surface area contributed by atoms with E-state index in [1.807, 2.05) is 12.1 Å². The van der Waals surface area contributed by atoms with E-state index in [2.05, 4.69) is 12.1 Å². The molecule has 2 heterocycles. The van der Waals surface area contributed by atoms with Crippen LogP contribution in [-0.2, 0) is 0 Å². The van der Waals surface area contributed by atoms with Crippen LogP contribution in [0.15, 0.2) is 36.4 Å². The average molecular weight is 260 g/mol. The molecule has 94 valence electrons. The Labute approximate surface area is 115 Å². The summed E-state index contributed by atoms with van der Waals surface area (Å²) in [6.45, 7) is 0. The number of benzene rings is 2. The number of hydrogen-bond acceptors (Lipinski definition) is 4. The second-order valence-electron chi connectivity index (χ2n) is 4.81.